The first-order valence-corrected chi connectivity index (χ1v) is 12.5. The minimum absolute atomic E-state index is 0.0279. The van der Waals surface area contributed by atoms with Gasteiger partial charge in [-0.2, -0.15) is 4.72 Å². The van der Waals surface area contributed by atoms with Crippen molar-refractivity contribution in [1.29, 1.82) is 0 Å². The van der Waals surface area contributed by atoms with Crippen LogP contribution in [0.2, 0.25) is 0 Å². The van der Waals surface area contributed by atoms with Gasteiger partial charge in [-0.25, -0.2) is 16.8 Å². The fourth-order valence-corrected chi connectivity index (χ4v) is 6.52. The zero-order valence-corrected chi connectivity index (χ0v) is 17.4. The van der Waals surface area contributed by atoms with Gasteiger partial charge in [0.1, 0.15) is 10.8 Å². The molecule has 1 aromatic rings. The summed E-state index contributed by atoms with van der Waals surface area (Å²) < 4.78 is 54.4. The Hall–Kier alpha value is -1.50. The molecule has 9 nitrogen and oxygen atoms in total. The van der Waals surface area contributed by atoms with Crippen molar-refractivity contribution in [1.82, 2.24) is 9.62 Å². The van der Waals surface area contributed by atoms with Crippen LogP contribution in [0.4, 0.5) is 0 Å². The van der Waals surface area contributed by atoms with Gasteiger partial charge < -0.3 is 9.64 Å². The Morgan fingerprint density at radius 3 is 2.67 bits per heavy atom. The van der Waals surface area contributed by atoms with Crippen LogP contribution in [0.1, 0.15) is 20.3 Å². The Morgan fingerprint density at radius 1 is 1.44 bits per heavy atom. The summed E-state index contributed by atoms with van der Waals surface area (Å²) in [7, 11) is -6.97. The van der Waals surface area contributed by atoms with Crippen LogP contribution in [0.25, 0.3) is 0 Å². The molecule has 1 amide bonds. The van der Waals surface area contributed by atoms with E-state index in [1.807, 2.05) is 0 Å². The number of amides is 1. The number of carbonyl (C=O) groups is 2. The highest BCUT2D eigenvalue weighted by Crippen LogP contribution is 2.19. The minimum Gasteiger partial charge on any atom is -0.452 e. The molecule has 2 atom stereocenters. The maximum atomic E-state index is 12.5. The van der Waals surface area contributed by atoms with Crippen LogP contribution in [0.5, 0.6) is 0 Å². The van der Waals surface area contributed by atoms with E-state index in [2.05, 4.69) is 4.72 Å². The van der Waals surface area contributed by atoms with Crippen LogP contribution in [-0.2, 0) is 34.2 Å². The van der Waals surface area contributed by atoms with Crippen LogP contribution in [0, 0.1) is 0 Å². The quantitative estimate of drug-likeness (QED) is 0.566. The van der Waals surface area contributed by atoms with E-state index < -0.39 is 50.4 Å². The Labute approximate surface area is 162 Å². The molecule has 0 aliphatic carbocycles. The fraction of sp³-hybridized carbons (Fsp3) is 0.600. The van der Waals surface area contributed by atoms with Crippen LogP contribution in [0.3, 0.4) is 0 Å². The van der Waals surface area contributed by atoms with E-state index in [4.69, 9.17) is 4.74 Å². The second kappa shape index (κ2) is 8.67. The molecule has 12 heteroatoms. The average Bonchev–Trinajstić information content (AvgIpc) is 3.24. The van der Waals surface area contributed by atoms with E-state index in [1.54, 1.807) is 18.4 Å². The van der Waals surface area contributed by atoms with Crippen LogP contribution in [0.15, 0.2) is 21.7 Å². The zero-order chi connectivity index (χ0) is 20.2. The van der Waals surface area contributed by atoms with Crippen molar-refractivity contribution in [2.45, 2.75) is 36.6 Å². The molecule has 2 unspecified atom stereocenters. The number of sulfonamides is 1. The third-order valence-electron chi connectivity index (χ3n) is 4.10. The number of ether oxygens (including phenoxy) is 1. The summed E-state index contributed by atoms with van der Waals surface area (Å²) in [5, 5.41) is 1.59. The Balaban J connectivity index is 1.90. The average molecular weight is 439 g/mol. The van der Waals surface area contributed by atoms with E-state index in [0.717, 1.165) is 11.3 Å². The molecule has 1 fully saturated rings. The first-order chi connectivity index (χ1) is 12.6. The molecule has 1 N–H and O–H groups in total. The summed E-state index contributed by atoms with van der Waals surface area (Å²) in [6, 6.07) is 2.53. The van der Waals surface area contributed by atoms with Gasteiger partial charge >= 0.3 is 5.97 Å². The molecule has 0 spiro atoms. The number of sulfone groups is 1. The smallest absolute Gasteiger partial charge is 0.321 e. The molecule has 0 aromatic carbocycles. The van der Waals surface area contributed by atoms with Crippen molar-refractivity contribution < 1.29 is 31.2 Å². The largest absolute Gasteiger partial charge is 0.452 e. The molecule has 0 bridgehead atoms. The lowest BCUT2D eigenvalue weighted by Gasteiger charge is -2.29. The molecule has 1 aliphatic rings. The lowest BCUT2D eigenvalue weighted by atomic mass is 10.2. The van der Waals surface area contributed by atoms with Crippen molar-refractivity contribution >= 4 is 43.1 Å². The number of esters is 1. The van der Waals surface area contributed by atoms with E-state index in [9.17, 15) is 26.4 Å². The third kappa shape index (κ3) is 5.74. The Bertz CT molecular complexity index is 879. The Morgan fingerprint density at radius 2 is 2.15 bits per heavy atom. The van der Waals surface area contributed by atoms with Gasteiger partial charge in [-0.1, -0.05) is 6.07 Å². The van der Waals surface area contributed by atoms with Crippen molar-refractivity contribution in [3.05, 3.63) is 17.5 Å². The van der Waals surface area contributed by atoms with E-state index >= 15 is 0 Å². The molecule has 2 heterocycles. The highest BCUT2D eigenvalue weighted by Gasteiger charge is 2.36. The van der Waals surface area contributed by atoms with Gasteiger partial charge in [0.15, 0.2) is 15.9 Å². The number of nitrogens with one attached hydrogen (secondary N) is 1. The van der Waals surface area contributed by atoms with Gasteiger partial charge in [0, 0.05) is 12.6 Å². The van der Waals surface area contributed by atoms with E-state index in [1.165, 1.54) is 17.9 Å². The van der Waals surface area contributed by atoms with E-state index in [-0.39, 0.29) is 22.3 Å². The number of hydrogen-bond acceptors (Lipinski definition) is 8. The van der Waals surface area contributed by atoms with Gasteiger partial charge in [0.25, 0.3) is 15.9 Å². The van der Waals surface area contributed by atoms with Crippen LogP contribution in [-0.4, -0.2) is 70.4 Å². The summed E-state index contributed by atoms with van der Waals surface area (Å²) in [5.74, 6) is -1.48. The second-order valence-corrected chi connectivity index (χ2v) is 11.2. The van der Waals surface area contributed by atoms with Gasteiger partial charge in [-0.3, -0.25) is 9.59 Å². The minimum atomic E-state index is -3.81. The van der Waals surface area contributed by atoms with Gasteiger partial charge in [0.05, 0.1) is 11.5 Å². The topological polar surface area (TPSA) is 127 Å². The Kier molecular flexibility index (Phi) is 7.00. The molecular formula is C15H22N2O7S3. The monoisotopic (exact) mass is 438 g/mol. The third-order valence-corrected chi connectivity index (χ3v) is 8.64. The first kappa shape index (κ1) is 21.8. The maximum Gasteiger partial charge on any atom is 0.321 e. The van der Waals surface area contributed by atoms with Crippen LogP contribution < -0.4 is 4.72 Å². The number of rotatable bonds is 8. The van der Waals surface area contributed by atoms with Gasteiger partial charge in [-0.05, 0) is 31.7 Å². The highest BCUT2D eigenvalue weighted by atomic mass is 32.2. The molecule has 2 rings (SSSR count). The second-order valence-electron chi connectivity index (χ2n) is 6.07. The molecule has 1 aromatic heterocycles. The van der Waals surface area contributed by atoms with Crippen molar-refractivity contribution in [2.24, 2.45) is 0 Å². The van der Waals surface area contributed by atoms with Crippen molar-refractivity contribution in [3.63, 3.8) is 0 Å². The number of hydrogen-bond donors (Lipinski definition) is 1. The zero-order valence-electron chi connectivity index (χ0n) is 15.0. The lowest BCUT2D eigenvalue weighted by molar-refractivity contribution is -0.159. The van der Waals surface area contributed by atoms with Gasteiger partial charge in [0.2, 0.25) is 0 Å². The standard InChI is InChI=1S/C15H22N2O7S3/c1-3-17(12-6-8-26(20,21)10-12)15(19)11(2)24-13(18)9-16-27(22,23)14-5-4-7-25-14/h4-5,7,11-12,16H,3,6,8-10H2,1-2H3. The number of carbonyl (C=O) groups excluding carboxylic acids is 2. The van der Waals surface area contributed by atoms with E-state index in [0.29, 0.717) is 6.42 Å². The highest BCUT2D eigenvalue weighted by molar-refractivity contribution is 7.91. The molecule has 0 radical (unpaired) electrons. The predicted molar refractivity (Wildman–Crippen MR) is 99.5 cm³/mol. The summed E-state index contributed by atoms with van der Waals surface area (Å²) in [5.41, 5.74) is 0. The predicted octanol–water partition coefficient (Wildman–Crippen LogP) is -0.00630. The van der Waals surface area contributed by atoms with Crippen molar-refractivity contribution in [2.75, 3.05) is 24.6 Å². The SMILES string of the molecule is CCN(C(=O)C(C)OC(=O)CNS(=O)(=O)c1cccs1)C1CCS(=O)(=O)C1. The van der Waals surface area contributed by atoms with Gasteiger partial charge in [-0.15, -0.1) is 11.3 Å². The maximum absolute atomic E-state index is 12.5. The first-order valence-electron chi connectivity index (χ1n) is 8.29. The van der Waals surface area contributed by atoms with Crippen molar-refractivity contribution in [3.8, 4) is 0 Å². The lowest BCUT2D eigenvalue weighted by Crippen LogP contribution is -2.47. The number of likely N-dealkylation sites (N-methyl/N-ethyl adjacent to an activating group) is 1. The molecular weight excluding hydrogens is 416 g/mol. The summed E-state index contributed by atoms with van der Waals surface area (Å²) >= 11 is 1.01. The number of thiophene rings is 1. The molecule has 1 saturated heterocycles. The molecule has 152 valence electrons. The summed E-state index contributed by atoms with van der Waals surface area (Å²) in [4.78, 5) is 25.8. The van der Waals surface area contributed by atoms with Crippen LogP contribution >= 0.6 is 11.3 Å². The summed E-state index contributed by atoms with van der Waals surface area (Å²) in [6.07, 6.45) is -0.796. The fourth-order valence-electron chi connectivity index (χ4n) is 2.78. The molecule has 0 saturated carbocycles. The molecule has 1 aliphatic heterocycles. The molecule has 27 heavy (non-hydrogen) atoms. The normalized spacial score (nSPS) is 20.1. The number of nitrogens with zero attached hydrogens (tertiary/aromatic N) is 1. The summed E-state index contributed by atoms with van der Waals surface area (Å²) in [6.45, 7) is 2.76.